The molecule has 0 saturated heterocycles. The molecule has 4 rings (SSSR count). The minimum atomic E-state index is 0.0236. The second kappa shape index (κ2) is 10.9. The Labute approximate surface area is 200 Å². The van der Waals surface area contributed by atoms with Gasteiger partial charge in [-0.1, -0.05) is 37.6 Å². The number of hydrogen-bond acceptors (Lipinski definition) is 7. The lowest BCUT2D eigenvalue weighted by atomic mass is 10.1. The van der Waals surface area contributed by atoms with Crippen LogP contribution in [0.2, 0.25) is 0 Å². The third kappa shape index (κ3) is 5.57. The quantitative estimate of drug-likeness (QED) is 0.314. The summed E-state index contributed by atoms with van der Waals surface area (Å²) in [6, 6.07) is 16.4. The zero-order chi connectivity index (χ0) is 23.9. The van der Waals surface area contributed by atoms with Crippen molar-refractivity contribution < 1.29 is 14.2 Å². The molecule has 0 radical (unpaired) electrons. The van der Waals surface area contributed by atoms with Gasteiger partial charge in [0, 0.05) is 25.5 Å². The summed E-state index contributed by atoms with van der Waals surface area (Å²) in [4.78, 5) is 11.5. The van der Waals surface area contributed by atoms with E-state index in [2.05, 4.69) is 46.2 Å². The molecular formula is C26H31N5O3. The van der Waals surface area contributed by atoms with E-state index in [1.807, 2.05) is 37.4 Å². The van der Waals surface area contributed by atoms with Crippen molar-refractivity contribution in [2.45, 2.75) is 45.9 Å². The minimum absolute atomic E-state index is 0.0236. The Morgan fingerprint density at radius 2 is 1.50 bits per heavy atom. The molecule has 178 valence electrons. The maximum Gasteiger partial charge on any atom is 0.336 e. The molecule has 0 fully saturated rings. The first-order valence-corrected chi connectivity index (χ1v) is 11.5. The molecule has 0 bridgehead atoms. The molecule has 0 aliphatic rings. The molecule has 8 nitrogen and oxygen atoms in total. The van der Waals surface area contributed by atoms with Crippen LogP contribution < -0.4 is 19.1 Å². The lowest BCUT2D eigenvalue weighted by Gasteiger charge is -2.25. The number of imidazole rings is 1. The normalized spacial score (nSPS) is 11.9. The van der Waals surface area contributed by atoms with Crippen LogP contribution in [0.15, 0.2) is 60.9 Å². The number of rotatable bonds is 11. The van der Waals surface area contributed by atoms with Crippen molar-refractivity contribution in [3.63, 3.8) is 0 Å². The Bertz CT molecular complexity index is 1140. The highest BCUT2D eigenvalue weighted by Gasteiger charge is 2.19. The zero-order valence-corrected chi connectivity index (χ0v) is 20.1. The van der Waals surface area contributed by atoms with Gasteiger partial charge in [-0.05, 0) is 48.7 Å². The van der Waals surface area contributed by atoms with E-state index in [1.54, 1.807) is 24.9 Å². The van der Waals surface area contributed by atoms with Crippen LogP contribution in [-0.4, -0.2) is 39.9 Å². The average Bonchev–Trinajstić information content (AvgIpc) is 3.33. The highest BCUT2D eigenvalue weighted by Crippen LogP contribution is 2.26. The fourth-order valence-corrected chi connectivity index (χ4v) is 3.81. The number of benzene rings is 2. The van der Waals surface area contributed by atoms with Gasteiger partial charge in [-0.15, -0.1) is 5.10 Å². The Kier molecular flexibility index (Phi) is 7.47. The van der Waals surface area contributed by atoms with Crippen molar-refractivity contribution in [3.8, 4) is 17.5 Å². The Morgan fingerprint density at radius 3 is 2.03 bits per heavy atom. The smallest absolute Gasteiger partial charge is 0.336 e. The third-order valence-corrected chi connectivity index (χ3v) is 5.58. The van der Waals surface area contributed by atoms with E-state index >= 15 is 0 Å². The molecule has 1 atom stereocenters. The molecule has 0 saturated carbocycles. The lowest BCUT2D eigenvalue weighted by molar-refractivity contribution is 0.189. The molecule has 0 unspecified atom stereocenters. The molecule has 8 heteroatoms. The first-order valence-electron chi connectivity index (χ1n) is 11.5. The molecule has 0 aliphatic heterocycles. The second-order valence-corrected chi connectivity index (χ2v) is 8.18. The molecule has 2 aromatic carbocycles. The van der Waals surface area contributed by atoms with Gasteiger partial charge in [-0.25, -0.2) is 9.50 Å². The molecule has 2 aromatic heterocycles. The molecule has 4 aromatic rings. The predicted octanol–water partition coefficient (Wildman–Crippen LogP) is 4.92. The van der Waals surface area contributed by atoms with Gasteiger partial charge in [-0.3, -0.25) is 0 Å². The van der Waals surface area contributed by atoms with Gasteiger partial charge in [0.25, 0.3) is 0 Å². The highest BCUT2D eigenvalue weighted by atomic mass is 16.5. The van der Waals surface area contributed by atoms with Gasteiger partial charge in [0.2, 0.25) is 0 Å². The summed E-state index contributed by atoms with van der Waals surface area (Å²) in [5.41, 5.74) is 2.93. The molecular weight excluding hydrogens is 430 g/mol. The van der Waals surface area contributed by atoms with Crippen molar-refractivity contribution >= 4 is 11.5 Å². The van der Waals surface area contributed by atoms with Gasteiger partial charge < -0.3 is 19.1 Å². The highest BCUT2D eigenvalue weighted by molar-refractivity contribution is 5.64. The molecule has 2 heterocycles. The standard InChI is InChI=1S/C26H31N5O3/c1-5-6-19(2)34-26-28-25(24-27-15-16-31(24)29-26)30(17-20-7-11-22(32-3)12-8-20)18-21-9-13-23(33-4)14-10-21/h7-16,19H,5-6,17-18H2,1-4H3/t19-/m0/s1. The van der Waals surface area contributed by atoms with E-state index in [1.165, 1.54) is 0 Å². The SMILES string of the molecule is CCC[C@H](C)Oc1nc(N(Cc2ccc(OC)cc2)Cc2ccc(OC)cc2)c2nccn2n1. The maximum atomic E-state index is 6.05. The number of methoxy groups -OCH3 is 2. The second-order valence-electron chi connectivity index (χ2n) is 8.18. The number of hydrogen-bond donors (Lipinski definition) is 0. The largest absolute Gasteiger partial charge is 0.497 e. The summed E-state index contributed by atoms with van der Waals surface area (Å²) < 4.78 is 18.4. The lowest BCUT2D eigenvalue weighted by Crippen LogP contribution is -2.25. The van der Waals surface area contributed by atoms with Crippen LogP contribution in [0.3, 0.4) is 0 Å². The number of aromatic nitrogens is 4. The van der Waals surface area contributed by atoms with E-state index in [9.17, 15) is 0 Å². The van der Waals surface area contributed by atoms with Gasteiger partial charge >= 0.3 is 6.01 Å². The number of anilines is 1. The van der Waals surface area contributed by atoms with Crippen LogP contribution in [0.4, 0.5) is 5.82 Å². The van der Waals surface area contributed by atoms with Crippen LogP contribution in [0, 0.1) is 0 Å². The van der Waals surface area contributed by atoms with Crippen LogP contribution in [0.5, 0.6) is 17.5 Å². The Balaban J connectivity index is 1.72. The van der Waals surface area contributed by atoms with E-state index in [0.717, 1.165) is 35.5 Å². The first kappa shape index (κ1) is 23.4. The number of fused-ring (bicyclic) bond motifs is 1. The fourth-order valence-electron chi connectivity index (χ4n) is 3.81. The summed E-state index contributed by atoms with van der Waals surface area (Å²) in [6.07, 6.45) is 5.53. The zero-order valence-electron chi connectivity index (χ0n) is 20.1. The number of ether oxygens (including phenoxy) is 3. The molecule has 0 amide bonds. The first-order chi connectivity index (χ1) is 16.6. The Hall–Kier alpha value is -3.81. The van der Waals surface area contributed by atoms with Crippen molar-refractivity contribution in [1.82, 2.24) is 19.6 Å². The van der Waals surface area contributed by atoms with E-state index < -0.39 is 0 Å². The summed E-state index contributed by atoms with van der Waals surface area (Å²) >= 11 is 0. The van der Waals surface area contributed by atoms with Gasteiger partial charge in [-0.2, -0.15) is 4.98 Å². The average molecular weight is 462 g/mol. The third-order valence-electron chi connectivity index (χ3n) is 5.58. The van der Waals surface area contributed by atoms with Gasteiger partial charge in [0.05, 0.1) is 20.3 Å². The summed E-state index contributed by atoms with van der Waals surface area (Å²) in [6.45, 7) is 5.42. The maximum absolute atomic E-state index is 6.05. The van der Waals surface area contributed by atoms with Crippen molar-refractivity contribution in [2.75, 3.05) is 19.1 Å². The van der Waals surface area contributed by atoms with Crippen molar-refractivity contribution in [1.29, 1.82) is 0 Å². The molecule has 0 N–H and O–H groups in total. The van der Waals surface area contributed by atoms with Gasteiger partial charge in [0.1, 0.15) is 11.5 Å². The van der Waals surface area contributed by atoms with Crippen molar-refractivity contribution in [3.05, 3.63) is 72.1 Å². The Morgan fingerprint density at radius 1 is 0.912 bits per heavy atom. The van der Waals surface area contributed by atoms with Gasteiger partial charge in [0.15, 0.2) is 11.5 Å². The predicted molar refractivity (Wildman–Crippen MR) is 132 cm³/mol. The summed E-state index contributed by atoms with van der Waals surface area (Å²) in [5, 5.41) is 4.52. The van der Waals surface area contributed by atoms with Crippen LogP contribution >= 0.6 is 0 Å². The van der Waals surface area contributed by atoms with Crippen LogP contribution in [0.1, 0.15) is 37.8 Å². The molecule has 34 heavy (non-hydrogen) atoms. The fraction of sp³-hybridized carbons (Fsp3) is 0.346. The molecule has 0 spiro atoms. The summed E-state index contributed by atoms with van der Waals surface area (Å²) in [7, 11) is 3.34. The minimum Gasteiger partial charge on any atom is -0.497 e. The van der Waals surface area contributed by atoms with E-state index in [4.69, 9.17) is 19.2 Å². The van der Waals surface area contributed by atoms with Crippen LogP contribution in [-0.2, 0) is 13.1 Å². The van der Waals surface area contributed by atoms with Crippen LogP contribution in [0.25, 0.3) is 5.65 Å². The topological polar surface area (TPSA) is 74.0 Å². The van der Waals surface area contributed by atoms with E-state index in [-0.39, 0.29) is 6.10 Å². The van der Waals surface area contributed by atoms with Crippen molar-refractivity contribution in [2.24, 2.45) is 0 Å². The van der Waals surface area contributed by atoms with E-state index in [0.29, 0.717) is 30.6 Å². The molecule has 0 aliphatic carbocycles. The number of nitrogens with zero attached hydrogens (tertiary/aromatic N) is 5. The summed E-state index contributed by atoms with van der Waals surface area (Å²) in [5.74, 6) is 2.36. The monoisotopic (exact) mass is 461 g/mol.